The minimum Gasteiger partial charge on any atom is -0.356 e. The minimum absolute atomic E-state index is 0.0428. The van der Waals surface area contributed by atoms with Crippen molar-refractivity contribution in [3.63, 3.8) is 0 Å². The number of nitrogens with two attached hydrogens (primary N) is 1. The SMILES string of the molecule is CCNC(=O)C(CN)Cc1ccc(F)cc1C. The lowest BCUT2D eigenvalue weighted by Crippen LogP contribution is -2.36. The van der Waals surface area contributed by atoms with Crippen molar-refractivity contribution in [2.24, 2.45) is 11.7 Å². The van der Waals surface area contributed by atoms with Gasteiger partial charge in [-0.05, 0) is 43.5 Å². The van der Waals surface area contributed by atoms with Crippen molar-refractivity contribution < 1.29 is 9.18 Å². The zero-order chi connectivity index (χ0) is 12.8. The summed E-state index contributed by atoms with van der Waals surface area (Å²) < 4.78 is 12.9. The molecule has 94 valence electrons. The van der Waals surface area contributed by atoms with E-state index in [1.165, 1.54) is 12.1 Å². The number of rotatable bonds is 5. The van der Waals surface area contributed by atoms with Gasteiger partial charge in [-0.25, -0.2) is 4.39 Å². The van der Waals surface area contributed by atoms with Crippen molar-refractivity contribution in [2.75, 3.05) is 13.1 Å². The lowest BCUT2D eigenvalue weighted by Gasteiger charge is -2.15. The number of benzene rings is 1. The van der Waals surface area contributed by atoms with E-state index in [4.69, 9.17) is 5.73 Å². The molecule has 17 heavy (non-hydrogen) atoms. The Morgan fingerprint density at radius 2 is 2.24 bits per heavy atom. The van der Waals surface area contributed by atoms with Crippen molar-refractivity contribution >= 4 is 5.91 Å². The number of halogens is 1. The molecule has 0 aliphatic rings. The van der Waals surface area contributed by atoms with Crippen LogP contribution in [0.25, 0.3) is 0 Å². The van der Waals surface area contributed by atoms with Crippen LogP contribution in [0, 0.1) is 18.7 Å². The molecule has 4 heteroatoms. The van der Waals surface area contributed by atoms with E-state index in [0.717, 1.165) is 11.1 Å². The molecule has 1 aromatic carbocycles. The summed E-state index contributed by atoms with van der Waals surface area (Å²) in [4.78, 5) is 11.7. The molecule has 1 aromatic rings. The van der Waals surface area contributed by atoms with Gasteiger partial charge in [0.25, 0.3) is 0 Å². The van der Waals surface area contributed by atoms with Gasteiger partial charge in [-0.2, -0.15) is 0 Å². The van der Waals surface area contributed by atoms with E-state index < -0.39 is 0 Å². The van der Waals surface area contributed by atoms with Crippen LogP contribution < -0.4 is 11.1 Å². The number of carbonyl (C=O) groups is 1. The average molecular weight is 238 g/mol. The molecular formula is C13H19FN2O. The first-order valence-corrected chi connectivity index (χ1v) is 5.81. The van der Waals surface area contributed by atoms with Crippen LogP contribution in [-0.2, 0) is 11.2 Å². The lowest BCUT2D eigenvalue weighted by molar-refractivity contribution is -0.124. The molecule has 0 radical (unpaired) electrons. The highest BCUT2D eigenvalue weighted by Gasteiger charge is 2.17. The second-order valence-corrected chi connectivity index (χ2v) is 4.10. The van der Waals surface area contributed by atoms with E-state index in [9.17, 15) is 9.18 Å². The Balaban J connectivity index is 2.77. The molecule has 0 bridgehead atoms. The summed E-state index contributed by atoms with van der Waals surface area (Å²) >= 11 is 0. The first-order valence-electron chi connectivity index (χ1n) is 5.81. The highest BCUT2D eigenvalue weighted by Crippen LogP contribution is 2.14. The normalized spacial score (nSPS) is 12.2. The third-order valence-electron chi connectivity index (χ3n) is 2.78. The topological polar surface area (TPSA) is 55.1 Å². The number of aryl methyl sites for hydroxylation is 1. The van der Waals surface area contributed by atoms with E-state index in [2.05, 4.69) is 5.32 Å². The van der Waals surface area contributed by atoms with Crippen LogP contribution in [0.1, 0.15) is 18.1 Å². The third kappa shape index (κ3) is 3.82. The van der Waals surface area contributed by atoms with E-state index in [1.54, 1.807) is 6.07 Å². The van der Waals surface area contributed by atoms with Crippen LogP contribution in [-0.4, -0.2) is 19.0 Å². The van der Waals surface area contributed by atoms with Crippen LogP contribution in [0.4, 0.5) is 4.39 Å². The van der Waals surface area contributed by atoms with Gasteiger partial charge in [0.2, 0.25) is 5.91 Å². The fourth-order valence-electron chi connectivity index (χ4n) is 1.76. The molecular weight excluding hydrogens is 219 g/mol. The highest BCUT2D eigenvalue weighted by molar-refractivity contribution is 5.79. The predicted octanol–water partition coefficient (Wildman–Crippen LogP) is 1.39. The van der Waals surface area contributed by atoms with Crippen molar-refractivity contribution in [2.45, 2.75) is 20.3 Å². The van der Waals surface area contributed by atoms with E-state index >= 15 is 0 Å². The van der Waals surface area contributed by atoms with Crippen LogP contribution >= 0.6 is 0 Å². The first kappa shape index (κ1) is 13.6. The Morgan fingerprint density at radius 1 is 1.53 bits per heavy atom. The molecule has 0 aromatic heterocycles. The van der Waals surface area contributed by atoms with E-state index in [0.29, 0.717) is 19.5 Å². The number of hydrogen-bond donors (Lipinski definition) is 2. The summed E-state index contributed by atoms with van der Waals surface area (Å²) in [5.41, 5.74) is 7.42. The zero-order valence-electron chi connectivity index (χ0n) is 10.3. The smallest absolute Gasteiger partial charge is 0.224 e. The molecule has 1 rings (SSSR count). The molecule has 0 heterocycles. The van der Waals surface area contributed by atoms with Crippen molar-refractivity contribution in [3.05, 3.63) is 35.1 Å². The van der Waals surface area contributed by atoms with Gasteiger partial charge in [-0.1, -0.05) is 6.07 Å². The van der Waals surface area contributed by atoms with E-state index in [-0.39, 0.29) is 17.6 Å². The fraction of sp³-hybridized carbons (Fsp3) is 0.462. The van der Waals surface area contributed by atoms with Gasteiger partial charge in [0, 0.05) is 13.1 Å². The quantitative estimate of drug-likeness (QED) is 0.814. The van der Waals surface area contributed by atoms with Gasteiger partial charge in [-0.3, -0.25) is 4.79 Å². The maximum atomic E-state index is 12.9. The predicted molar refractivity (Wildman–Crippen MR) is 66.1 cm³/mol. The molecule has 0 fully saturated rings. The Labute approximate surface area is 101 Å². The molecule has 1 amide bonds. The maximum Gasteiger partial charge on any atom is 0.224 e. The zero-order valence-corrected chi connectivity index (χ0v) is 10.3. The van der Waals surface area contributed by atoms with Crippen LogP contribution in [0.2, 0.25) is 0 Å². The van der Waals surface area contributed by atoms with E-state index in [1.807, 2.05) is 13.8 Å². The Hall–Kier alpha value is -1.42. The summed E-state index contributed by atoms with van der Waals surface area (Å²) in [6.07, 6.45) is 0.550. The lowest BCUT2D eigenvalue weighted by atomic mass is 9.95. The van der Waals surface area contributed by atoms with Crippen LogP contribution in [0.15, 0.2) is 18.2 Å². The largest absolute Gasteiger partial charge is 0.356 e. The second-order valence-electron chi connectivity index (χ2n) is 4.10. The molecule has 3 N–H and O–H groups in total. The number of carbonyl (C=O) groups excluding carboxylic acids is 1. The monoisotopic (exact) mass is 238 g/mol. The van der Waals surface area contributed by atoms with Crippen molar-refractivity contribution in [1.29, 1.82) is 0 Å². The summed E-state index contributed by atoms with van der Waals surface area (Å²) in [6.45, 7) is 4.60. The van der Waals surface area contributed by atoms with Gasteiger partial charge < -0.3 is 11.1 Å². The van der Waals surface area contributed by atoms with Crippen molar-refractivity contribution in [3.8, 4) is 0 Å². The maximum absolute atomic E-state index is 12.9. The standard InChI is InChI=1S/C13H19FN2O/c1-3-16-13(17)11(8-15)7-10-4-5-12(14)6-9(10)2/h4-6,11H,3,7-8,15H2,1-2H3,(H,16,17). The molecule has 1 unspecified atom stereocenters. The molecule has 1 atom stereocenters. The molecule has 0 spiro atoms. The van der Waals surface area contributed by atoms with Gasteiger partial charge >= 0.3 is 0 Å². The number of nitrogens with one attached hydrogen (secondary N) is 1. The molecule has 0 aliphatic carbocycles. The molecule has 0 saturated carbocycles. The number of hydrogen-bond acceptors (Lipinski definition) is 2. The van der Waals surface area contributed by atoms with Crippen LogP contribution in [0.5, 0.6) is 0 Å². The Morgan fingerprint density at radius 3 is 2.76 bits per heavy atom. The third-order valence-corrected chi connectivity index (χ3v) is 2.78. The van der Waals surface area contributed by atoms with Crippen molar-refractivity contribution in [1.82, 2.24) is 5.32 Å². The fourth-order valence-corrected chi connectivity index (χ4v) is 1.76. The minimum atomic E-state index is -0.256. The second kappa shape index (κ2) is 6.35. The first-order chi connectivity index (χ1) is 8.08. The van der Waals surface area contributed by atoms with Gasteiger partial charge in [0.15, 0.2) is 0 Å². The molecule has 0 saturated heterocycles. The van der Waals surface area contributed by atoms with Crippen LogP contribution in [0.3, 0.4) is 0 Å². The summed E-state index contributed by atoms with van der Waals surface area (Å²) in [5.74, 6) is -0.550. The van der Waals surface area contributed by atoms with Gasteiger partial charge in [0.05, 0.1) is 5.92 Å². The highest BCUT2D eigenvalue weighted by atomic mass is 19.1. The summed E-state index contributed by atoms with van der Waals surface area (Å²) in [6, 6.07) is 4.60. The summed E-state index contributed by atoms with van der Waals surface area (Å²) in [7, 11) is 0. The van der Waals surface area contributed by atoms with Gasteiger partial charge in [-0.15, -0.1) is 0 Å². The number of amides is 1. The molecule has 0 aliphatic heterocycles. The molecule has 3 nitrogen and oxygen atoms in total. The van der Waals surface area contributed by atoms with Gasteiger partial charge in [0.1, 0.15) is 5.82 Å². The average Bonchev–Trinajstić information content (AvgIpc) is 2.28. The Bertz CT molecular complexity index is 393. The summed E-state index contributed by atoms with van der Waals surface area (Å²) in [5, 5.41) is 2.75. The Kier molecular flexibility index (Phi) is 5.10.